The van der Waals surface area contributed by atoms with Crippen molar-refractivity contribution >= 4 is 23.5 Å². The fourth-order valence-corrected chi connectivity index (χ4v) is 5.90. The summed E-state index contributed by atoms with van der Waals surface area (Å²) in [7, 11) is 0. The largest absolute Gasteiger partial charge is 0.313 e. The summed E-state index contributed by atoms with van der Waals surface area (Å²) in [4.78, 5) is 0. The Morgan fingerprint density at radius 1 is 1.17 bits per heavy atom. The quantitative estimate of drug-likeness (QED) is 0.745. The zero-order chi connectivity index (χ0) is 13.5. The Balaban J connectivity index is 2.58. The van der Waals surface area contributed by atoms with E-state index in [2.05, 4.69) is 63.5 Å². The van der Waals surface area contributed by atoms with Crippen LogP contribution in [0.1, 0.15) is 53.9 Å². The van der Waals surface area contributed by atoms with Gasteiger partial charge in [0.05, 0.1) is 0 Å². The zero-order valence-corrected chi connectivity index (χ0v) is 14.4. The highest BCUT2D eigenvalue weighted by Crippen LogP contribution is 2.38. The molecule has 0 radical (unpaired) electrons. The number of hydrogen-bond acceptors (Lipinski definition) is 3. The molecule has 0 aromatic rings. The van der Waals surface area contributed by atoms with Gasteiger partial charge in [-0.1, -0.05) is 41.0 Å². The summed E-state index contributed by atoms with van der Waals surface area (Å²) in [5, 5.41) is 6.24. The molecule has 3 heteroatoms. The van der Waals surface area contributed by atoms with Crippen molar-refractivity contribution in [2.45, 2.75) is 75.7 Å². The molecule has 0 bridgehead atoms. The molecule has 0 saturated carbocycles. The molecule has 1 fully saturated rings. The SMILES string of the molecule is CCCNC(C(C)CCC)C1CSC(C)C(C)S1. The molecule has 0 aromatic heterocycles. The van der Waals surface area contributed by atoms with Crippen LogP contribution in [-0.4, -0.2) is 34.1 Å². The van der Waals surface area contributed by atoms with Crippen LogP contribution in [0, 0.1) is 5.92 Å². The van der Waals surface area contributed by atoms with Crippen molar-refractivity contribution in [3.05, 3.63) is 0 Å². The Kier molecular flexibility index (Phi) is 8.13. The topological polar surface area (TPSA) is 12.0 Å². The first-order valence-electron chi connectivity index (χ1n) is 7.60. The Morgan fingerprint density at radius 2 is 1.89 bits per heavy atom. The number of rotatable bonds is 7. The monoisotopic (exact) mass is 289 g/mol. The van der Waals surface area contributed by atoms with Crippen molar-refractivity contribution in [1.29, 1.82) is 0 Å². The van der Waals surface area contributed by atoms with Crippen LogP contribution in [0.4, 0.5) is 0 Å². The number of nitrogens with one attached hydrogen (secondary N) is 1. The third-order valence-electron chi connectivity index (χ3n) is 3.96. The highest BCUT2D eigenvalue weighted by atomic mass is 32.2. The van der Waals surface area contributed by atoms with E-state index in [1.54, 1.807) is 0 Å². The second-order valence-electron chi connectivity index (χ2n) is 5.66. The lowest BCUT2D eigenvalue weighted by Gasteiger charge is -2.39. The molecule has 1 rings (SSSR count). The summed E-state index contributed by atoms with van der Waals surface area (Å²) >= 11 is 4.39. The molecular formula is C15H31NS2. The maximum atomic E-state index is 3.82. The van der Waals surface area contributed by atoms with Gasteiger partial charge in [0.15, 0.2) is 0 Å². The molecule has 0 spiro atoms. The van der Waals surface area contributed by atoms with Gasteiger partial charge in [-0.15, -0.1) is 0 Å². The first kappa shape index (κ1) is 16.7. The molecule has 1 aliphatic heterocycles. The minimum absolute atomic E-state index is 0.706. The Bertz CT molecular complexity index is 223. The van der Waals surface area contributed by atoms with Gasteiger partial charge in [-0.2, -0.15) is 23.5 Å². The number of thioether (sulfide) groups is 2. The van der Waals surface area contributed by atoms with Crippen molar-refractivity contribution in [2.75, 3.05) is 12.3 Å². The van der Waals surface area contributed by atoms with E-state index in [1.165, 1.54) is 31.6 Å². The number of hydrogen-bond donors (Lipinski definition) is 1. The predicted molar refractivity (Wildman–Crippen MR) is 88.9 cm³/mol. The lowest BCUT2D eigenvalue weighted by Crippen LogP contribution is -2.47. The van der Waals surface area contributed by atoms with Gasteiger partial charge >= 0.3 is 0 Å². The standard InChI is InChI=1S/C15H31NS2/c1-6-8-11(3)15(16-9-7-2)14-10-17-12(4)13(5)18-14/h11-16H,6-10H2,1-5H3. The van der Waals surface area contributed by atoms with Crippen LogP contribution in [0.3, 0.4) is 0 Å². The van der Waals surface area contributed by atoms with Crippen LogP contribution in [0.2, 0.25) is 0 Å². The molecule has 108 valence electrons. The van der Waals surface area contributed by atoms with E-state index in [-0.39, 0.29) is 0 Å². The van der Waals surface area contributed by atoms with Crippen molar-refractivity contribution < 1.29 is 0 Å². The van der Waals surface area contributed by atoms with Crippen molar-refractivity contribution in [2.24, 2.45) is 5.92 Å². The second-order valence-corrected chi connectivity index (χ2v) is 8.70. The van der Waals surface area contributed by atoms with Crippen LogP contribution in [-0.2, 0) is 0 Å². The van der Waals surface area contributed by atoms with Crippen LogP contribution in [0.15, 0.2) is 0 Å². The van der Waals surface area contributed by atoms with Crippen LogP contribution in [0.5, 0.6) is 0 Å². The first-order valence-corrected chi connectivity index (χ1v) is 9.59. The zero-order valence-electron chi connectivity index (χ0n) is 12.7. The van der Waals surface area contributed by atoms with Crippen LogP contribution < -0.4 is 5.32 Å². The second kappa shape index (κ2) is 8.76. The third kappa shape index (κ3) is 4.97. The Hall–Kier alpha value is 0.660. The summed E-state index contributed by atoms with van der Waals surface area (Å²) < 4.78 is 0. The maximum Gasteiger partial charge on any atom is 0.0297 e. The maximum absolute atomic E-state index is 3.82. The van der Waals surface area contributed by atoms with E-state index < -0.39 is 0 Å². The van der Waals surface area contributed by atoms with Gasteiger partial charge in [0.25, 0.3) is 0 Å². The minimum Gasteiger partial charge on any atom is -0.313 e. The summed E-state index contributed by atoms with van der Waals surface area (Å²) in [6.45, 7) is 13.0. The molecule has 1 saturated heterocycles. The fraction of sp³-hybridized carbons (Fsp3) is 1.00. The first-order chi connectivity index (χ1) is 8.60. The van der Waals surface area contributed by atoms with E-state index in [4.69, 9.17) is 0 Å². The van der Waals surface area contributed by atoms with Crippen LogP contribution in [0.25, 0.3) is 0 Å². The van der Waals surface area contributed by atoms with Gasteiger partial charge in [-0.05, 0) is 25.3 Å². The lowest BCUT2D eigenvalue weighted by atomic mass is 9.94. The molecule has 0 aromatic carbocycles. The van der Waals surface area contributed by atoms with Gasteiger partial charge in [0.1, 0.15) is 0 Å². The highest BCUT2D eigenvalue weighted by molar-refractivity contribution is 8.07. The normalized spacial score (nSPS) is 32.2. The van der Waals surface area contributed by atoms with E-state index in [1.807, 2.05) is 0 Å². The van der Waals surface area contributed by atoms with Gasteiger partial charge < -0.3 is 5.32 Å². The smallest absolute Gasteiger partial charge is 0.0297 e. The van der Waals surface area contributed by atoms with E-state index in [9.17, 15) is 0 Å². The molecule has 18 heavy (non-hydrogen) atoms. The summed E-state index contributed by atoms with van der Waals surface area (Å²) in [6.07, 6.45) is 3.90. The third-order valence-corrected chi connectivity index (χ3v) is 7.48. The average molecular weight is 290 g/mol. The van der Waals surface area contributed by atoms with Gasteiger partial charge in [0, 0.05) is 27.5 Å². The van der Waals surface area contributed by atoms with Crippen molar-refractivity contribution in [1.82, 2.24) is 5.32 Å². The minimum atomic E-state index is 0.706. The molecule has 1 heterocycles. The molecule has 0 aliphatic carbocycles. The molecule has 1 nitrogen and oxygen atoms in total. The summed E-state index contributed by atoms with van der Waals surface area (Å²) in [5.41, 5.74) is 0. The van der Waals surface area contributed by atoms with Crippen LogP contribution >= 0.6 is 23.5 Å². The molecular weight excluding hydrogens is 258 g/mol. The van der Waals surface area contributed by atoms with E-state index >= 15 is 0 Å². The summed E-state index contributed by atoms with van der Waals surface area (Å²) in [6, 6.07) is 0.706. The lowest BCUT2D eigenvalue weighted by molar-refractivity contribution is 0.353. The fourth-order valence-electron chi connectivity index (χ4n) is 2.64. The van der Waals surface area contributed by atoms with Gasteiger partial charge in [-0.3, -0.25) is 0 Å². The van der Waals surface area contributed by atoms with E-state index in [0.29, 0.717) is 6.04 Å². The van der Waals surface area contributed by atoms with Crippen molar-refractivity contribution in [3.63, 3.8) is 0 Å². The van der Waals surface area contributed by atoms with Crippen molar-refractivity contribution in [3.8, 4) is 0 Å². The van der Waals surface area contributed by atoms with Gasteiger partial charge in [0.2, 0.25) is 0 Å². The highest BCUT2D eigenvalue weighted by Gasteiger charge is 2.33. The Morgan fingerprint density at radius 3 is 2.44 bits per heavy atom. The van der Waals surface area contributed by atoms with E-state index in [0.717, 1.165) is 21.7 Å². The van der Waals surface area contributed by atoms with Gasteiger partial charge in [-0.25, -0.2) is 0 Å². The predicted octanol–water partition coefficient (Wildman–Crippen LogP) is 4.42. The molecule has 0 amide bonds. The molecule has 5 unspecified atom stereocenters. The molecule has 5 atom stereocenters. The molecule has 1 N–H and O–H groups in total. The summed E-state index contributed by atoms with van der Waals surface area (Å²) in [5.74, 6) is 2.13. The average Bonchev–Trinajstić information content (AvgIpc) is 2.34. The molecule has 1 aliphatic rings. The Labute approximate surface area is 123 Å².